The summed E-state index contributed by atoms with van der Waals surface area (Å²) in [6.45, 7) is 2.17. The maximum atomic E-state index is 11.7. The van der Waals surface area contributed by atoms with Crippen LogP contribution in [-0.2, 0) is 6.54 Å². The third-order valence-corrected chi connectivity index (χ3v) is 6.43. The molecule has 0 aliphatic carbocycles. The molecule has 2 heterocycles. The zero-order chi connectivity index (χ0) is 14.8. The highest BCUT2D eigenvalue weighted by molar-refractivity contribution is 9.13. The normalized spacial score (nSPS) is 14.4. The molecule has 1 saturated heterocycles. The summed E-state index contributed by atoms with van der Waals surface area (Å²) < 4.78 is 2.17. The molecule has 4 nitrogen and oxygen atoms in total. The summed E-state index contributed by atoms with van der Waals surface area (Å²) in [5.41, 5.74) is 1.93. The second kappa shape index (κ2) is 6.37. The Morgan fingerprint density at radius 3 is 2.86 bits per heavy atom. The van der Waals surface area contributed by atoms with E-state index < -0.39 is 0 Å². The van der Waals surface area contributed by atoms with Crippen LogP contribution in [0.25, 0.3) is 0 Å². The first-order valence-electron chi connectivity index (χ1n) is 6.46. The van der Waals surface area contributed by atoms with Crippen LogP contribution in [-0.4, -0.2) is 19.1 Å². The molecule has 0 unspecified atom stereocenters. The van der Waals surface area contributed by atoms with Gasteiger partial charge < -0.3 is 10.6 Å². The van der Waals surface area contributed by atoms with E-state index in [1.165, 1.54) is 4.88 Å². The van der Waals surface area contributed by atoms with Crippen LogP contribution in [0.1, 0.15) is 4.88 Å². The van der Waals surface area contributed by atoms with Gasteiger partial charge in [0, 0.05) is 40.4 Å². The van der Waals surface area contributed by atoms with Crippen LogP contribution < -0.4 is 15.5 Å². The van der Waals surface area contributed by atoms with Crippen LogP contribution >= 0.6 is 43.2 Å². The lowest BCUT2D eigenvalue weighted by Gasteiger charge is -2.15. The third-order valence-electron chi connectivity index (χ3n) is 3.18. The van der Waals surface area contributed by atoms with Crippen molar-refractivity contribution in [3.8, 4) is 0 Å². The van der Waals surface area contributed by atoms with Crippen LogP contribution in [0.2, 0.25) is 0 Å². The van der Waals surface area contributed by atoms with Crippen LogP contribution in [0.5, 0.6) is 0 Å². The molecular weight excluding hydrogens is 418 g/mol. The monoisotopic (exact) mass is 429 g/mol. The molecule has 1 aromatic carbocycles. The van der Waals surface area contributed by atoms with Gasteiger partial charge in [0.25, 0.3) is 0 Å². The standard InChI is InChI=1S/C14H13Br2N3OS/c15-12-7-11(21-13(12)16)8-18-9-2-1-3-10(6-9)19-5-4-17-14(19)20/h1-3,6-7,18H,4-5,8H2,(H,17,20). The highest BCUT2D eigenvalue weighted by Gasteiger charge is 2.20. The number of benzene rings is 1. The maximum absolute atomic E-state index is 11.7. The van der Waals surface area contributed by atoms with Gasteiger partial charge in [-0.1, -0.05) is 6.07 Å². The Morgan fingerprint density at radius 1 is 1.33 bits per heavy atom. The summed E-state index contributed by atoms with van der Waals surface area (Å²) in [7, 11) is 0. The van der Waals surface area contributed by atoms with Crippen molar-refractivity contribution in [1.29, 1.82) is 0 Å². The van der Waals surface area contributed by atoms with Gasteiger partial charge in [0.15, 0.2) is 0 Å². The molecule has 110 valence electrons. The lowest BCUT2D eigenvalue weighted by molar-refractivity contribution is 0.252. The molecule has 2 amide bonds. The Balaban J connectivity index is 1.70. The third kappa shape index (κ3) is 3.41. The first-order valence-corrected chi connectivity index (χ1v) is 8.87. The molecule has 1 aliphatic rings. The minimum atomic E-state index is -0.0294. The molecule has 1 aliphatic heterocycles. The Hall–Kier alpha value is -1.05. The first-order chi connectivity index (χ1) is 10.1. The van der Waals surface area contributed by atoms with Gasteiger partial charge in [0.2, 0.25) is 0 Å². The van der Waals surface area contributed by atoms with Crippen molar-refractivity contribution < 1.29 is 4.79 Å². The predicted octanol–water partition coefficient (Wildman–Crippen LogP) is 4.41. The maximum Gasteiger partial charge on any atom is 0.321 e. The molecule has 1 fully saturated rings. The Morgan fingerprint density at radius 2 is 2.19 bits per heavy atom. The lowest BCUT2D eigenvalue weighted by atomic mass is 10.2. The van der Waals surface area contributed by atoms with Crippen molar-refractivity contribution in [2.75, 3.05) is 23.3 Å². The van der Waals surface area contributed by atoms with Gasteiger partial charge in [0.1, 0.15) is 0 Å². The van der Waals surface area contributed by atoms with E-state index in [-0.39, 0.29) is 6.03 Å². The number of rotatable bonds is 4. The summed E-state index contributed by atoms with van der Waals surface area (Å²) in [6, 6.07) is 9.99. The molecule has 21 heavy (non-hydrogen) atoms. The van der Waals surface area contributed by atoms with Crippen molar-refractivity contribution >= 4 is 60.6 Å². The average Bonchev–Trinajstić information content (AvgIpc) is 3.03. The highest BCUT2D eigenvalue weighted by atomic mass is 79.9. The van der Waals surface area contributed by atoms with Gasteiger partial charge in [0.05, 0.1) is 3.79 Å². The zero-order valence-electron chi connectivity index (χ0n) is 11.0. The van der Waals surface area contributed by atoms with Gasteiger partial charge in [-0.25, -0.2) is 4.79 Å². The number of nitrogens with one attached hydrogen (secondary N) is 2. The van der Waals surface area contributed by atoms with Gasteiger partial charge in [-0.15, -0.1) is 11.3 Å². The largest absolute Gasteiger partial charge is 0.380 e. The Bertz CT molecular complexity index is 654. The number of carbonyl (C=O) groups excluding carboxylic acids is 1. The second-order valence-corrected chi connectivity index (χ2v) is 7.93. The van der Waals surface area contributed by atoms with Crippen LogP contribution in [0.3, 0.4) is 0 Å². The van der Waals surface area contributed by atoms with E-state index in [1.54, 1.807) is 16.2 Å². The summed E-state index contributed by atoms with van der Waals surface area (Å²) in [4.78, 5) is 14.7. The van der Waals surface area contributed by atoms with Gasteiger partial charge >= 0.3 is 6.03 Å². The number of halogens is 2. The van der Waals surface area contributed by atoms with Crippen molar-refractivity contribution in [1.82, 2.24) is 5.32 Å². The molecule has 0 bridgehead atoms. The highest BCUT2D eigenvalue weighted by Crippen LogP contribution is 2.32. The number of hydrogen-bond donors (Lipinski definition) is 2. The minimum Gasteiger partial charge on any atom is -0.380 e. The smallest absolute Gasteiger partial charge is 0.321 e. The van der Waals surface area contributed by atoms with Crippen LogP contribution in [0.4, 0.5) is 16.2 Å². The van der Waals surface area contributed by atoms with Gasteiger partial charge in [-0.2, -0.15) is 0 Å². The second-order valence-electron chi connectivity index (χ2n) is 4.62. The molecular formula is C14H13Br2N3OS. The molecule has 0 radical (unpaired) electrons. The van der Waals surface area contributed by atoms with E-state index in [1.807, 2.05) is 24.3 Å². The number of anilines is 2. The van der Waals surface area contributed by atoms with E-state index in [4.69, 9.17) is 0 Å². The minimum absolute atomic E-state index is 0.0294. The number of carbonyl (C=O) groups is 1. The summed E-state index contributed by atoms with van der Waals surface area (Å²) in [5, 5.41) is 6.20. The van der Waals surface area contributed by atoms with E-state index in [0.29, 0.717) is 13.1 Å². The first kappa shape index (κ1) is 14.9. The quantitative estimate of drug-likeness (QED) is 0.754. The van der Waals surface area contributed by atoms with Crippen molar-refractivity contribution in [2.45, 2.75) is 6.54 Å². The number of urea groups is 1. The SMILES string of the molecule is O=C1NCCN1c1cccc(NCc2cc(Br)c(Br)s2)c1. The van der Waals surface area contributed by atoms with Gasteiger partial charge in [-0.3, -0.25) is 4.90 Å². The van der Waals surface area contributed by atoms with Crippen LogP contribution in [0.15, 0.2) is 38.6 Å². The average molecular weight is 431 g/mol. The molecule has 1 aromatic heterocycles. The van der Waals surface area contributed by atoms with Gasteiger partial charge in [-0.05, 0) is 56.1 Å². The molecule has 2 N–H and O–H groups in total. The number of hydrogen-bond acceptors (Lipinski definition) is 3. The lowest BCUT2D eigenvalue weighted by Crippen LogP contribution is -2.27. The van der Waals surface area contributed by atoms with E-state index in [9.17, 15) is 4.79 Å². The van der Waals surface area contributed by atoms with Crippen molar-refractivity contribution in [3.05, 3.63) is 43.5 Å². The molecule has 2 aromatic rings. The fourth-order valence-corrected chi connectivity index (χ4v) is 4.29. The van der Waals surface area contributed by atoms with Crippen molar-refractivity contribution in [3.63, 3.8) is 0 Å². The summed E-state index contributed by atoms with van der Waals surface area (Å²) >= 11 is 8.68. The molecule has 0 atom stereocenters. The summed E-state index contributed by atoms with van der Waals surface area (Å²) in [6.07, 6.45) is 0. The molecule has 0 spiro atoms. The number of nitrogens with zero attached hydrogens (tertiary/aromatic N) is 1. The van der Waals surface area contributed by atoms with E-state index >= 15 is 0 Å². The van der Waals surface area contributed by atoms with Crippen LogP contribution in [0, 0.1) is 0 Å². The molecule has 0 saturated carbocycles. The van der Waals surface area contributed by atoms with E-state index in [2.05, 4.69) is 48.6 Å². The fourth-order valence-electron chi connectivity index (χ4n) is 2.17. The molecule has 7 heteroatoms. The topological polar surface area (TPSA) is 44.4 Å². The summed E-state index contributed by atoms with van der Waals surface area (Å²) in [5.74, 6) is 0. The number of thiophene rings is 1. The Labute approximate surface area is 143 Å². The number of amides is 2. The molecule has 3 rings (SSSR count). The van der Waals surface area contributed by atoms with Crippen molar-refractivity contribution in [2.24, 2.45) is 0 Å². The Kier molecular flexibility index (Phi) is 4.51. The predicted molar refractivity (Wildman–Crippen MR) is 94.2 cm³/mol. The fraction of sp³-hybridized carbons (Fsp3) is 0.214. The van der Waals surface area contributed by atoms with E-state index in [0.717, 1.165) is 26.2 Å². The zero-order valence-corrected chi connectivity index (χ0v) is 15.0.